The number of aliphatic hydroxyl groups is 1. The summed E-state index contributed by atoms with van der Waals surface area (Å²) in [5, 5.41) is 22.9. The fraction of sp³-hybridized carbons (Fsp3) is 0.325. The molecule has 3 aromatic carbocycles. The second-order valence-corrected chi connectivity index (χ2v) is 13.1. The Bertz CT molecular complexity index is 1960. The summed E-state index contributed by atoms with van der Waals surface area (Å²) < 4.78 is 24.2. The zero-order valence-corrected chi connectivity index (χ0v) is 29.7. The first-order valence-electron chi connectivity index (χ1n) is 17.1. The molecule has 1 fully saturated rings. The molecule has 1 saturated heterocycles. The molecule has 0 saturated carbocycles. The zero-order chi connectivity index (χ0) is 35.6. The molecule has 11 heteroatoms. The standard InChI is InChI=1S/C40H42ClN5O5/c1-27-31(6-3-7-35(27)36-8-4-9-38(28(36)2)48-13-5-11-46-12-10-33(47)23-46)25-50-40-16-39(49-24-30-14-29(17-42)18-43-19-30)32(15-37(40)41)20-44-21-34-22-45-26-51-34/h3-4,6-9,14-16,18-19,22,26,33,44,47H,5,10-13,20-21,23-25H2,1-2H3. The molecule has 0 radical (unpaired) electrons. The van der Waals surface area contributed by atoms with Gasteiger partial charge in [-0.15, -0.1) is 0 Å². The van der Waals surface area contributed by atoms with Gasteiger partial charge < -0.3 is 34.0 Å². The van der Waals surface area contributed by atoms with Crippen molar-refractivity contribution in [1.29, 1.82) is 5.26 Å². The predicted octanol–water partition coefficient (Wildman–Crippen LogP) is 7.16. The molecule has 10 nitrogen and oxygen atoms in total. The van der Waals surface area contributed by atoms with Crippen LogP contribution in [0.2, 0.25) is 5.02 Å². The first-order valence-corrected chi connectivity index (χ1v) is 17.5. The minimum absolute atomic E-state index is 0.203. The number of hydrogen-bond donors (Lipinski definition) is 2. The number of rotatable bonds is 16. The second kappa shape index (κ2) is 17.3. The minimum atomic E-state index is -0.203. The van der Waals surface area contributed by atoms with Gasteiger partial charge in [-0.3, -0.25) is 4.98 Å². The van der Waals surface area contributed by atoms with E-state index in [4.69, 9.17) is 30.2 Å². The van der Waals surface area contributed by atoms with Crippen LogP contribution in [0.15, 0.2) is 84.0 Å². The smallest absolute Gasteiger partial charge is 0.180 e. The van der Waals surface area contributed by atoms with Gasteiger partial charge in [-0.05, 0) is 72.7 Å². The van der Waals surface area contributed by atoms with Crippen LogP contribution in [0.1, 0.15) is 52.0 Å². The van der Waals surface area contributed by atoms with Crippen molar-refractivity contribution in [2.24, 2.45) is 0 Å². The lowest BCUT2D eigenvalue weighted by Crippen LogP contribution is -2.24. The molecule has 2 aromatic heterocycles. The summed E-state index contributed by atoms with van der Waals surface area (Å²) >= 11 is 6.79. The molecule has 1 unspecified atom stereocenters. The third-order valence-electron chi connectivity index (χ3n) is 9.06. The Kier molecular flexibility index (Phi) is 12.2. The molecular weight excluding hydrogens is 666 g/mol. The number of β-amino-alcohol motifs (C(OH)–C–C–N with tert-alkyl or cyclic N) is 1. The zero-order valence-electron chi connectivity index (χ0n) is 28.9. The van der Waals surface area contributed by atoms with E-state index in [1.54, 1.807) is 18.5 Å². The highest BCUT2D eigenvalue weighted by molar-refractivity contribution is 6.32. The van der Waals surface area contributed by atoms with Crippen LogP contribution in [0.3, 0.4) is 0 Å². The van der Waals surface area contributed by atoms with E-state index in [9.17, 15) is 10.4 Å². The molecule has 0 bridgehead atoms. The van der Waals surface area contributed by atoms with Crippen molar-refractivity contribution in [2.45, 2.75) is 59.1 Å². The first kappa shape index (κ1) is 35.9. The fourth-order valence-corrected chi connectivity index (χ4v) is 6.47. The summed E-state index contributed by atoms with van der Waals surface area (Å²) in [5.74, 6) is 2.68. The number of nitrogens with one attached hydrogen (secondary N) is 1. The van der Waals surface area contributed by atoms with Crippen LogP contribution in [0.25, 0.3) is 11.1 Å². The summed E-state index contributed by atoms with van der Waals surface area (Å²) in [4.78, 5) is 10.4. The second-order valence-electron chi connectivity index (χ2n) is 12.7. The van der Waals surface area contributed by atoms with E-state index in [0.717, 1.165) is 77.2 Å². The van der Waals surface area contributed by atoms with E-state index in [2.05, 4.69) is 58.3 Å². The Morgan fingerprint density at radius 3 is 2.53 bits per heavy atom. The highest BCUT2D eigenvalue weighted by Crippen LogP contribution is 2.36. The molecule has 1 atom stereocenters. The molecule has 5 aromatic rings. The number of halogens is 1. The molecular formula is C40H42ClN5O5. The monoisotopic (exact) mass is 707 g/mol. The van der Waals surface area contributed by atoms with Crippen molar-refractivity contribution in [1.82, 2.24) is 20.2 Å². The van der Waals surface area contributed by atoms with Gasteiger partial charge in [0.2, 0.25) is 0 Å². The van der Waals surface area contributed by atoms with Crippen LogP contribution in [-0.4, -0.2) is 52.3 Å². The van der Waals surface area contributed by atoms with Gasteiger partial charge in [-0.2, -0.15) is 5.26 Å². The molecule has 51 heavy (non-hydrogen) atoms. The molecule has 6 rings (SSSR count). The Balaban J connectivity index is 1.15. The lowest BCUT2D eigenvalue weighted by molar-refractivity contribution is 0.173. The summed E-state index contributed by atoms with van der Waals surface area (Å²) in [6, 6.07) is 19.9. The van der Waals surface area contributed by atoms with Crippen molar-refractivity contribution in [3.63, 3.8) is 0 Å². The summed E-state index contributed by atoms with van der Waals surface area (Å²) in [6.45, 7) is 8.90. The topological polar surface area (TPSA) is 126 Å². The summed E-state index contributed by atoms with van der Waals surface area (Å²) in [7, 11) is 0. The molecule has 264 valence electrons. The SMILES string of the molecule is Cc1c(COc2cc(OCc3cncc(C#N)c3)c(CNCc3cnco3)cc2Cl)cccc1-c1cccc(OCCCN2CCC(O)C2)c1C. The van der Waals surface area contributed by atoms with Crippen molar-refractivity contribution >= 4 is 11.6 Å². The minimum Gasteiger partial charge on any atom is -0.493 e. The van der Waals surface area contributed by atoms with E-state index in [1.165, 1.54) is 12.6 Å². The maximum Gasteiger partial charge on any atom is 0.180 e. The number of ether oxygens (including phenoxy) is 3. The number of oxazole rings is 1. The van der Waals surface area contributed by atoms with E-state index in [1.807, 2.05) is 30.3 Å². The Morgan fingerprint density at radius 1 is 0.922 bits per heavy atom. The molecule has 0 aliphatic carbocycles. The summed E-state index contributed by atoms with van der Waals surface area (Å²) in [5.41, 5.74) is 7.52. The maximum absolute atomic E-state index is 9.79. The molecule has 0 spiro atoms. The van der Waals surface area contributed by atoms with Gasteiger partial charge >= 0.3 is 0 Å². The lowest BCUT2D eigenvalue weighted by Gasteiger charge is -2.19. The van der Waals surface area contributed by atoms with Crippen molar-refractivity contribution < 1.29 is 23.7 Å². The number of likely N-dealkylation sites (tertiary alicyclic amines) is 1. The van der Waals surface area contributed by atoms with Gasteiger partial charge in [0.25, 0.3) is 0 Å². The van der Waals surface area contributed by atoms with Gasteiger partial charge in [0, 0.05) is 55.8 Å². The van der Waals surface area contributed by atoms with Crippen molar-refractivity contribution in [3.8, 4) is 34.4 Å². The fourth-order valence-electron chi connectivity index (χ4n) is 6.23. The Labute approximate surface area is 303 Å². The van der Waals surface area contributed by atoms with Crippen LogP contribution >= 0.6 is 11.6 Å². The molecule has 1 aliphatic rings. The lowest BCUT2D eigenvalue weighted by atomic mass is 9.93. The molecule has 0 amide bonds. The highest BCUT2D eigenvalue weighted by atomic mass is 35.5. The van der Waals surface area contributed by atoms with Gasteiger partial charge in [0.15, 0.2) is 6.39 Å². The van der Waals surface area contributed by atoms with Gasteiger partial charge in [0.05, 0.1) is 36.0 Å². The number of pyridine rings is 1. The van der Waals surface area contributed by atoms with E-state index in [0.29, 0.717) is 54.1 Å². The van der Waals surface area contributed by atoms with Gasteiger partial charge in [-0.25, -0.2) is 4.98 Å². The van der Waals surface area contributed by atoms with E-state index in [-0.39, 0.29) is 12.7 Å². The number of nitrogens with zero attached hydrogens (tertiary/aromatic N) is 4. The Morgan fingerprint density at radius 2 is 1.75 bits per heavy atom. The molecule has 3 heterocycles. The van der Waals surface area contributed by atoms with Crippen LogP contribution in [0.5, 0.6) is 17.2 Å². The van der Waals surface area contributed by atoms with Crippen molar-refractivity contribution in [2.75, 3.05) is 26.2 Å². The molecule has 1 aliphatic heterocycles. The first-order chi connectivity index (χ1) is 24.9. The summed E-state index contributed by atoms with van der Waals surface area (Å²) in [6.07, 6.45) is 7.81. The number of aromatic nitrogens is 2. The van der Waals surface area contributed by atoms with Crippen LogP contribution in [0, 0.1) is 25.2 Å². The Hall–Kier alpha value is -4.92. The third-order valence-corrected chi connectivity index (χ3v) is 9.35. The van der Waals surface area contributed by atoms with Crippen LogP contribution in [-0.2, 0) is 26.3 Å². The third kappa shape index (κ3) is 9.45. The maximum atomic E-state index is 9.79. The van der Waals surface area contributed by atoms with Crippen LogP contribution < -0.4 is 19.5 Å². The van der Waals surface area contributed by atoms with Gasteiger partial charge in [-0.1, -0.05) is 41.9 Å². The predicted molar refractivity (Wildman–Crippen MR) is 195 cm³/mol. The quantitative estimate of drug-likeness (QED) is 0.102. The number of aliphatic hydroxyl groups excluding tert-OH is 1. The number of benzene rings is 3. The average molecular weight is 708 g/mol. The highest BCUT2D eigenvalue weighted by Gasteiger charge is 2.20. The van der Waals surface area contributed by atoms with E-state index < -0.39 is 0 Å². The van der Waals surface area contributed by atoms with Gasteiger partial charge in [0.1, 0.15) is 42.3 Å². The van der Waals surface area contributed by atoms with Crippen molar-refractivity contribution in [3.05, 3.63) is 124 Å². The normalized spacial score (nSPS) is 14.4. The number of nitriles is 1. The largest absolute Gasteiger partial charge is 0.493 e. The number of hydrogen-bond acceptors (Lipinski definition) is 10. The average Bonchev–Trinajstić information content (AvgIpc) is 3.82. The molecule has 2 N–H and O–H groups in total. The van der Waals surface area contributed by atoms with E-state index >= 15 is 0 Å². The van der Waals surface area contributed by atoms with Crippen LogP contribution in [0.4, 0.5) is 0 Å².